The van der Waals surface area contributed by atoms with Gasteiger partial charge < -0.3 is 10.1 Å². The smallest absolute Gasteiger partial charge is 0.278 e. The zero-order valence-corrected chi connectivity index (χ0v) is 17.6. The number of aromatic nitrogens is 4. The van der Waals surface area contributed by atoms with E-state index in [-0.39, 0.29) is 11.6 Å². The summed E-state index contributed by atoms with van der Waals surface area (Å²) in [4.78, 5) is 12.8. The van der Waals surface area contributed by atoms with E-state index in [1.807, 2.05) is 31.2 Å². The van der Waals surface area contributed by atoms with Crippen molar-refractivity contribution in [2.45, 2.75) is 20.3 Å². The molecule has 0 radical (unpaired) electrons. The van der Waals surface area contributed by atoms with Gasteiger partial charge in [0.25, 0.3) is 5.91 Å². The molecule has 1 N–H and O–H groups in total. The van der Waals surface area contributed by atoms with Crippen molar-refractivity contribution in [1.29, 1.82) is 0 Å². The Labute approximate surface area is 178 Å². The number of nitrogens with zero attached hydrogens (tertiary/aromatic N) is 4. The van der Waals surface area contributed by atoms with E-state index in [0.29, 0.717) is 34.2 Å². The maximum atomic E-state index is 12.8. The van der Waals surface area contributed by atoms with Gasteiger partial charge in [-0.15, -0.1) is 10.2 Å². The van der Waals surface area contributed by atoms with Gasteiger partial charge in [0.2, 0.25) is 0 Å². The van der Waals surface area contributed by atoms with E-state index in [1.54, 1.807) is 42.8 Å². The quantitative estimate of drug-likeness (QED) is 0.510. The number of amides is 1. The minimum atomic E-state index is -0.357. The molecule has 0 aliphatic rings. The van der Waals surface area contributed by atoms with Crippen molar-refractivity contribution in [1.82, 2.24) is 19.8 Å². The van der Waals surface area contributed by atoms with Crippen molar-refractivity contribution in [3.05, 3.63) is 70.6 Å². The highest BCUT2D eigenvalue weighted by atomic mass is 35.5. The van der Waals surface area contributed by atoms with Crippen LogP contribution in [0.5, 0.6) is 5.75 Å². The van der Waals surface area contributed by atoms with E-state index >= 15 is 0 Å². The van der Waals surface area contributed by atoms with Crippen molar-refractivity contribution < 1.29 is 9.53 Å². The van der Waals surface area contributed by atoms with Crippen LogP contribution >= 0.6 is 11.6 Å². The zero-order valence-electron chi connectivity index (χ0n) is 16.8. The molecule has 0 saturated heterocycles. The molecule has 0 fully saturated rings. The van der Waals surface area contributed by atoms with Crippen LogP contribution in [0.2, 0.25) is 5.02 Å². The van der Waals surface area contributed by atoms with E-state index in [9.17, 15) is 4.79 Å². The summed E-state index contributed by atoms with van der Waals surface area (Å²) in [6.07, 6.45) is 0.706. The van der Waals surface area contributed by atoms with Crippen LogP contribution in [0.3, 0.4) is 0 Å². The topological polar surface area (TPSA) is 81.4 Å². The van der Waals surface area contributed by atoms with Crippen molar-refractivity contribution >= 4 is 28.8 Å². The lowest BCUT2D eigenvalue weighted by atomic mass is 10.0. The maximum Gasteiger partial charge on any atom is 0.278 e. The summed E-state index contributed by atoms with van der Waals surface area (Å²) < 4.78 is 6.81. The fourth-order valence-electron chi connectivity index (χ4n) is 3.31. The van der Waals surface area contributed by atoms with Crippen LogP contribution in [0.4, 0.5) is 5.69 Å². The Hall–Kier alpha value is -3.45. The van der Waals surface area contributed by atoms with Gasteiger partial charge in [0.15, 0.2) is 11.3 Å². The van der Waals surface area contributed by atoms with Crippen LogP contribution in [0.15, 0.2) is 48.5 Å². The number of rotatable bonds is 5. The monoisotopic (exact) mass is 421 g/mol. The number of nitrogens with one attached hydrogen (secondary N) is 1. The lowest BCUT2D eigenvalue weighted by Gasteiger charge is -2.08. The second-order valence-corrected chi connectivity index (χ2v) is 7.17. The van der Waals surface area contributed by atoms with Crippen LogP contribution in [0.1, 0.15) is 28.8 Å². The van der Waals surface area contributed by atoms with Crippen molar-refractivity contribution in [2.75, 3.05) is 12.4 Å². The largest absolute Gasteiger partial charge is 0.497 e. The molecule has 2 aromatic carbocycles. The molecule has 152 valence electrons. The lowest BCUT2D eigenvalue weighted by Crippen LogP contribution is -2.18. The predicted octanol–water partition coefficient (Wildman–Crippen LogP) is 4.58. The molecule has 2 aromatic heterocycles. The molecular weight excluding hydrogens is 402 g/mol. The summed E-state index contributed by atoms with van der Waals surface area (Å²) in [5.41, 5.74) is 4.69. The molecule has 2 heterocycles. The van der Waals surface area contributed by atoms with Gasteiger partial charge in [-0.25, -0.2) is 4.52 Å². The molecule has 4 rings (SSSR count). The molecule has 0 aliphatic heterocycles. The van der Waals surface area contributed by atoms with Crippen molar-refractivity contribution in [3.8, 4) is 16.9 Å². The average molecular weight is 422 g/mol. The lowest BCUT2D eigenvalue weighted by molar-refractivity contribution is 0.102. The molecular formula is C22H20ClN5O2. The summed E-state index contributed by atoms with van der Waals surface area (Å²) in [5.74, 6) is 0.354. The predicted molar refractivity (Wildman–Crippen MR) is 116 cm³/mol. The number of halogens is 1. The van der Waals surface area contributed by atoms with Crippen LogP contribution in [-0.2, 0) is 6.42 Å². The fourth-order valence-corrected chi connectivity index (χ4v) is 3.50. The van der Waals surface area contributed by atoms with E-state index in [2.05, 4.69) is 20.6 Å². The number of carbonyl (C=O) groups is 1. The first-order valence-corrected chi connectivity index (χ1v) is 9.85. The summed E-state index contributed by atoms with van der Waals surface area (Å²) in [5, 5.41) is 16.7. The molecule has 4 aromatic rings. The first-order chi connectivity index (χ1) is 14.5. The first kappa shape index (κ1) is 19.8. The molecule has 0 spiro atoms. The van der Waals surface area contributed by atoms with Crippen LogP contribution in [0, 0.1) is 6.92 Å². The number of carbonyl (C=O) groups excluding carboxylic acids is 1. The Bertz CT molecular complexity index is 1230. The summed E-state index contributed by atoms with van der Waals surface area (Å²) in [7, 11) is 1.59. The number of fused-ring (bicyclic) bond motifs is 1. The second kappa shape index (κ2) is 8.12. The highest BCUT2D eigenvalue weighted by Crippen LogP contribution is 2.30. The van der Waals surface area contributed by atoms with Gasteiger partial charge in [0.05, 0.1) is 24.1 Å². The molecule has 0 aliphatic carbocycles. The Kier molecular flexibility index (Phi) is 5.37. The minimum Gasteiger partial charge on any atom is -0.497 e. The van der Waals surface area contributed by atoms with Gasteiger partial charge in [-0.1, -0.05) is 30.7 Å². The molecule has 1 amide bonds. The summed E-state index contributed by atoms with van der Waals surface area (Å²) >= 11 is 6.18. The van der Waals surface area contributed by atoms with Crippen molar-refractivity contribution in [2.24, 2.45) is 0 Å². The van der Waals surface area contributed by atoms with Gasteiger partial charge in [-0.05, 0) is 55.3 Å². The van der Waals surface area contributed by atoms with Crippen molar-refractivity contribution in [3.63, 3.8) is 0 Å². The number of hydrogen-bond acceptors (Lipinski definition) is 5. The third-order valence-corrected chi connectivity index (χ3v) is 5.08. The minimum absolute atomic E-state index is 0.209. The molecule has 8 heteroatoms. The Morgan fingerprint density at radius 2 is 1.93 bits per heavy atom. The molecule has 0 saturated carbocycles. The van der Waals surface area contributed by atoms with Crippen LogP contribution < -0.4 is 10.1 Å². The van der Waals surface area contributed by atoms with Gasteiger partial charge >= 0.3 is 0 Å². The number of ether oxygens (including phenoxy) is 1. The molecule has 0 unspecified atom stereocenters. The molecule has 30 heavy (non-hydrogen) atoms. The normalized spacial score (nSPS) is 10.9. The SMILES string of the molecule is CCc1nn2c(C)c(C(=O)Nc3ccc(OC)cc3)nnc2c1-c1cccc(Cl)c1. The van der Waals surface area contributed by atoms with Gasteiger partial charge in [-0.3, -0.25) is 4.79 Å². The van der Waals surface area contributed by atoms with Gasteiger partial charge in [0.1, 0.15) is 5.75 Å². The third-order valence-electron chi connectivity index (χ3n) is 4.85. The van der Waals surface area contributed by atoms with Crippen LogP contribution in [0.25, 0.3) is 16.8 Å². The first-order valence-electron chi connectivity index (χ1n) is 9.48. The average Bonchev–Trinajstić information content (AvgIpc) is 3.14. The number of aryl methyl sites for hydroxylation is 2. The number of hydrogen-bond donors (Lipinski definition) is 1. The van der Waals surface area contributed by atoms with E-state index in [4.69, 9.17) is 16.3 Å². The number of methoxy groups -OCH3 is 1. The van der Waals surface area contributed by atoms with Crippen LogP contribution in [-0.4, -0.2) is 32.8 Å². The molecule has 0 atom stereocenters. The highest BCUT2D eigenvalue weighted by molar-refractivity contribution is 6.30. The van der Waals surface area contributed by atoms with E-state index < -0.39 is 0 Å². The molecule has 7 nitrogen and oxygen atoms in total. The Morgan fingerprint density at radius 1 is 1.17 bits per heavy atom. The number of anilines is 1. The van der Waals surface area contributed by atoms with Gasteiger partial charge in [0, 0.05) is 10.7 Å². The fraction of sp³-hybridized carbons (Fsp3) is 0.182. The highest BCUT2D eigenvalue weighted by Gasteiger charge is 2.21. The second-order valence-electron chi connectivity index (χ2n) is 6.74. The van der Waals surface area contributed by atoms with E-state index in [1.165, 1.54) is 0 Å². The molecule has 0 bridgehead atoms. The number of benzene rings is 2. The van der Waals surface area contributed by atoms with Gasteiger partial charge in [-0.2, -0.15) is 5.10 Å². The Morgan fingerprint density at radius 3 is 2.60 bits per heavy atom. The zero-order chi connectivity index (χ0) is 21.3. The summed E-state index contributed by atoms with van der Waals surface area (Å²) in [6, 6.07) is 14.6. The Balaban J connectivity index is 1.74. The van der Waals surface area contributed by atoms with E-state index in [0.717, 1.165) is 16.8 Å². The maximum absolute atomic E-state index is 12.8. The summed E-state index contributed by atoms with van der Waals surface area (Å²) in [6.45, 7) is 3.83. The third kappa shape index (κ3) is 3.59. The standard InChI is InChI=1S/C22H20ClN5O2/c1-4-18-19(14-6-5-7-15(23)12-14)21-26-25-20(13(2)28(21)27-18)22(29)24-16-8-10-17(30-3)11-9-16/h5-12H,4H2,1-3H3,(H,24,29).